The molecule has 1 heterocycles. The fraction of sp³-hybridized carbons (Fsp3) is 0.444. The van der Waals surface area contributed by atoms with E-state index in [4.69, 9.17) is 9.26 Å². The summed E-state index contributed by atoms with van der Waals surface area (Å²) in [6.45, 7) is 7.84. The molecule has 2 aromatic rings. The van der Waals surface area contributed by atoms with Gasteiger partial charge in [-0.05, 0) is 45.4 Å². The quantitative estimate of drug-likeness (QED) is 0.814. The van der Waals surface area contributed by atoms with E-state index in [1.165, 1.54) is 0 Å². The Morgan fingerprint density at radius 3 is 2.75 bits per heavy atom. The molecule has 2 rings (SSSR count). The smallest absolute Gasteiger partial charge is 0.227 e. The minimum absolute atomic E-state index is 0.0944. The fourth-order valence-corrected chi connectivity index (χ4v) is 2.53. The van der Waals surface area contributed by atoms with Gasteiger partial charge in [0, 0.05) is 22.7 Å². The number of amides is 1. The number of rotatable bonds is 7. The minimum atomic E-state index is -0.231. The van der Waals surface area contributed by atoms with Gasteiger partial charge in [-0.25, -0.2) is 0 Å². The van der Waals surface area contributed by atoms with Crippen LogP contribution in [0, 0.1) is 19.8 Å². The standard InChI is InChI=1S/C18H24N2O4/c1-5-23-17-7-6-15(9-14(17)10-21)19-18(22)11(2)8-16-12(3)20-24-13(16)4/h6-7,9,11,21H,5,8,10H2,1-4H3,(H,19,22). The number of aliphatic hydroxyl groups excluding tert-OH is 1. The first-order valence-corrected chi connectivity index (χ1v) is 8.05. The Balaban J connectivity index is 2.06. The molecular formula is C18H24N2O4. The van der Waals surface area contributed by atoms with Crippen LogP contribution < -0.4 is 10.1 Å². The van der Waals surface area contributed by atoms with Crippen LogP contribution in [0.1, 0.15) is 36.4 Å². The Hall–Kier alpha value is -2.34. The first kappa shape index (κ1) is 18.0. The molecule has 1 unspecified atom stereocenters. The van der Waals surface area contributed by atoms with Crippen molar-refractivity contribution in [3.05, 3.63) is 40.8 Å². The molecule has 0 aliphatic rings. The average Bonchev–Trinajstić information content (AvgIpc) is 2.88. The molecule has 6 heteroatoms. The summed E-state index contributed by atoms with van der Waals surface area (Å²) in [4.78, 5) is 12.4. The average molecular weight is 332 g/mol. The summed E-state index contributed by atoms with van der Waals surface area (Å²) in [5.41, 5.74) is 3.07. The van der Waals surface area contributed by atoms with Crippen LogP contribution in [-0.2, 0) is 17.8 Å². The monoisotopic (exact) mass is 332 g/mol. The van der Waals surface area contributed by atoms with Crippen LogP contribution in [0.15, 0.2) is 22.7 Å². The number of hydrogen-bond acceptors (Lipinski definition) is 5. The maximum absolute atomic E-state index is 12.4. The van der Waals surface area contributed by atoms with Crippen LogP contribution >= 0.6 is 0 Å². The summed E-state index contributed by atoms with van der Waals surface area (Å²) in [5.74, 6) is 1.05. The maximum atomic E-state index is 12.4. The number of carbonyl (C=O) groups excluding carboxylic acids is 1. The van der Waals surface area contributed by atoms with Crippen molar-refractivity contribution in [2.24, 2.45) is 5.92 Å². The van der Waals surface area contributed by atoms with Gasteiger partial charge in [0.25, 0.3) is 0 Å². The van der Waals surface area contributed by atoms with Crippen LogP contribution in [0.5, 0.6) is 5.75 Å². The van der Waals surface area contributed by atoms with E-state index < -0.39 is 0 Å². The van der Waals surface area contributed by atoms with E-state index >= 15 is 0 Å². The first-order valence-electron chi connectivity index (χ1n) is 8.05. The molecule has 0 aliphatic carbocycles. The zero-order valence-electron chi connectivity index (χ0n) is 14.5. The molecule has 24 heavy (non-hydrogen) atoms. The van der Waals surface area contributed by atoms with Gasteiger partial charge in [0.05, 0.1) is 18.9 Å². The van der Waals surface area contributed by atoms with E-state index in [-0.39, 0.29) is 18.4 Å². The predicted molar refractivity (Wildman–Crippen MR) is 91.0 cm³/mol. The molecule has 6 nitrogen and oxygen atoms in total. The topological polar surface area (TPSA) is 84.6 Å². The van der Waals surface area contributed by atoms with Crippen LogP contribution in [0.25, 0.3) is 0 Å². The fourth-order valence-electron chi connectivity index (χ4n) is 2.53. The Bertz CT molecular complexity index is 690. The summed E-state index contributed by atoms with van der Waals surface area (Å²) in [5, 5.41) is 16.2. The van der Waals surface area contributed by atoms with Gasteiger partial charge in [-0.15, -0.1) is 0 Å². The number of nitrogens with zero attached hydrogens (tertiary/aromatic N) is 1. The number of aromatic nitrogens is 1. The second-order valence-corrected chi connectivity index (χ2v) is 5.81. The summed E-state index contributed by atoms with van der Waals surface area (Å²) in [6.07, 6.45) is 0.566. The lowest BCUT2D eigenvalue weighted by atomic mass is 9.99. The highest BCUT2D eigenvalue weighted by molar-refractivity contribution is 5.92. The number of hydrogen-bond donors (Lipinski definition) is 2. The molecule has 0 fully saturated rings. The number of carbonyl (C=O) groups is 1. The molecule has 0 aliphatic heterocycles. The molecule has 1 aromatic carbocycles. The van der Waals surface area contributed by atoms with Crippen molar-refractivity contribution in [1.29, 1.82) is 0 Å². The number of aryl methyl sites for hydroxylation is 2. The van der Waals surface area contributed by atoms with Crippen molar-refractivity contribution in [1.82, 2.24) is 5.16 Å². The van der Waals surface area contributed by atoms with Gasteiger partial charge < -0.3 is 19.7 Å². The van der Waals surface area contributed by atoms with Gasteiger partial charge in [-0.1, -0.05) is 12.1 Å². The summed E-state index contributed by atoms with van der Waals surface area (Å²) in [6, 6.07) is 5.25. The van der Waals surface area contributed by atoms with E-state index in [9.17, 15) is 9.90 Å². The van der Waals surface area contributed by atoms with Gasteiger partial charge in [0.15, 0.2) is 0 Å². The molecular weight excluding hydrogens is 308 g/mol. The molecule has 2 N–H and O–H groups in total. The molecule has 0 bridgehead atoms. The Kier molecular flexibility index (Phi) is 5.98. The molecule has 1 aromatic heterocycles. The number of aliphatic hydroxyl groups is 1. The third kappa shape index (κ3) is 4.14. The van der Waals surface area contributed by atoms with Crippen LogP contribution in [0.3, 0.4) is 0 Å². The van der Waals surface area contributed by atoms with Gasteiger partial charge >= 0.3 is 0 Å². The van der Waals surface area contributed by atoms with E-state index in [0.717, 1.165) is 17.0 Å². The van der Waals surface area contributed by atoms with Gasteiger partial charge in [0.1, 0.15) is 11.5 Å². The van der Waals surface area contributed by atoms with E-state index in [1.807, 2.05) is 27.7 Å². The zero-order chi connectivity index (χ0) is 17.7. The van der Waals surface area contributed by atoms with Gasteiger partial charge in [-0.3, -0.25) is 4.79 Å². The van der Waals surface area contributed by atoms with Gasteiger partial charge in [-0.2, -0.15) is 0 Å². The molecule has 0 radical (unpaired) electrons. The summed E-state index contributed by atoms with van der Waals surface area (Å²) >= 11 is 0. The predicted octanol–water partition coefficient (Wildman–Crippen LogP) is 3.00. The molecule has 0 saturated heterocycles. The Morgan fingerprint density at radius 2 is 2.17 bits per heavy atom. The Morgan fingerprint density at radius 1 is 1.42 bits per heavy atom. The molecule has 0 saturated carbocycles. The van der Waals surface area contributed by atoms with Gasteiger partial charge in [0.2, 0.25) is 5.91 Å². The highest BCUT2D eigenvalue weighted by atomic mass is 16.5. The first-order chi connectivity index (χ1) is 11.5. The number of nitrogens with one attached hydrogen (secondary N) is 1. The third-order valence-electron chi connectivity index (χ3n) is 3.94. The number of benzene rings is 1. The lowest BCUT2D eigenvalue weighted by Gasteiger charge is -2.14. The second-order valence-electron chi connectivity index (χ2n) is 5.81. The SMILES string of the molecule is CCOc1ccc(NC(=O)C(C)Cc2c(C)noc2C)cc1CO. The van der Waals surface area contributed by atoms with Crippen molar-refractivity contribution < 1.29 is 19.2 Å². The largest absolute Gasteiger partial charge is 0.494 e. The van der Waals surface area contributed by atoms with Crippen LogP contribution in [-0.4, -0.2) is 22.8 Å². The normalized spacial score (nSPS) is 12.0. The van der Waals surface area contributed by atoms with Crippen LogP contribution in [0.2, 0.25) is 0 Å². The molecule has 1 atom stereocenters. The third-order valence-corrected chi connectivity index (χ3v) is 3.94. The lowest BCUT2D eigenvalue weighted by molar-refractivity contribution is -0.119. The molecule has 0 spiro atoms. The van der Waals surface area contributed by atoms with Crippen molar-refractivity contribution in [3.63, 3.8) is 0 Å². The van der Waals surface area contributed by atoms with Crippen molar-refractivity contribution in [3.8, 4) is 5.75 Å². The number of anilines is 1. The van der Waals surface area contributed by atoms with E-state index in [2.05, 4.69) is 10.5 Å². The second kappa shape index (κ2) is 7.97. The van der Waals surface area contributed by atoms with E-state index in [1.54, 1.807) is 18.2 Å². The zero-order valence-corrected chi connectivity index (χ0v) is 14.5. The minimum Gasteiger partial charge on any atom is -0.494 e. The highest BCUT2D eigenvalue weighted by Crippen LogP contribution is 2.24. The van der Waals surface area contributed by atoms with Crippen molar-refractivity contribution in [2.75, 3.05) is 11.9 Å². The molecule has 130 valence electrons. The molecule has 1 amide bonds. The van der Waals surface area contributed by atoms with Crippen molar-refractivity contribution >= 4 is 11.6 Å². The maximum Gasteiger partial charge on any atom is 0.227 e. The summed E-state index contributed by atoms with van der Waals surface area (Å²) in [7, 11) is 0. The summed E-state index contributed by atoms with van der Waals surface area (Å²) < 4.78 is 10.6. The highest BCUT2D eigenvalue weighted by Gasteiger charge is 2.19. The van der Waals surface area contributed by atoms with E-state index in [0.29, 0.717) is 30.0 Å². The van der Waals surface area contributed by atoms with Crippen molar-refractivity contribution in [2.45, 2.75) is 40.7 Å². The van der Waals surface area contributed by atoms with Crippen LogP contribution in [0.4, 0.5) is 5.69 Å². The number of ether oxygens (including phenoxy) is 1. The lowest BCUT2D eigenvalue weighted by Crippen LogP contribution is -2.22. The Labute approximate surface area is 141 Å².